The number of ether oxygens (including phenoxy) is 2. The Hall–Kier alpha value is -3.96. The Balaban J connectivity index is 0.000000240. The molecule has 44 heavy (non-hydrogen) atoms. The molecule has 2 unspecified atom stereocenters. The molecule has 0 aromatic carbocycles. The molecule has 244 valence electrons. The van der Waals surface area contributed by atoms with Crippen LogP contribution in [0.25, 0.3) is 0 Å². The largest absolute Gasteiger partial charge is 0.444 e. The van der Waals surface area contributed by atoms with Gasteiger partial charge in [-0.2, -0.15) is 0 Å². The molecular formula is C32H52N8O4. The first-order valence-electron chi connectivity index (χ1n) is 15.4. The molecule has 2 fully saturated rings. The van der Waals surface area contributed by atoms with Crippen molar-refractivity contribution in [3.63, 3.8) is 0 Å². The van der Waals surface area contributed by atoms with Crippen LogP contribution in [-0.4, -0.2) is 71.6 Å². The highest BCUT2D eigenvalue weighted by Gasteiger charge is 2.30. The molecule has 0 radical (unpaired) electrons. The Morgan fingerprint density at radius 2 is 1.09 bits per heavy atom. The molecule has 0 saturated carbocycles. The Bertz CT molecular complexity index is 1150. The Kier molecular flexibility index (Phi) is 11.5. The van der Waals surface area contributed by atoms with E-state index < -0.39 is 11.2 Å². The van der Waals surface area contributed by atoms with Gasteiger partial charge >= 0.3 is 12.2 Å². The van der Waals surface area contributed by atoms with Crippen molar-refractivity contribution in [3.8, 4) is 0 Å². The minimum Gasteiger partial charge on any atom is -0.444 e. The Morgan fingerprint density at radius 1 is 0.727 bits per heavy atom. The third kappa shape index (κ3) is 11.3. The molecule has 2 aliphatic rings. The first kappa shape index (κ1) is 34.5. The number of amides is 2. The average molecular weight is 613 g/mol. The van der Waals surface area contributed by atoms with Gasteiger partial charge in [0.2, 0.25) is 0 Å². The van der Waals surface area contributed by atoms with Crippen molar-refractivity contribution in [1.29, 1.82) is 0 Å². The number of nitrogen functional groups attached to an aromatic ring is 2. The van der Waals surface area contributed by atoms with E-state index in [0.29, 0.717) is 23.2 Å². The summed E-state index contributed by atoms with van der Waals surface area (Å²) in [6.07, 6.45) is 7.92. The fraction of sp³-hybridized carbons (Fsp3) is 0.625. The topological polar surface area (TPSA) is 161 Å². The van der Waals surface area contributed by atoms with Crippen LogP contribution in [0.5, 0.6) is 0 Å². The maximum absolute atomic E-state index is 12.0. The molecule has 4 heterocycles. The molecule has 12 heteroatoms. The third-order valence-electron chi connectivity index (χ3n) is 7.10. The summed E-state index contributed by atoms with van der Waals surface area (Å²) in [5, 5.41) is 5.93. The molecule has 2 aliphatic heterocycles. The van der Waals surface area contributed by atoms with Gasteiger partial charge in [-0.25, -0.2) is 9.59 Å². The molecule has 4 rings (SSSR count). The minimum atomic E-state index is -0.487. The van der Waals surface area contributed by atoms with Crippen LogP contribution in [0.1, 0.15) is 68.2 Å². The van der Waals surface area contributed by atoms with Crippen molar-refractivity contribution in [2.75, 3.05) is 47.4 Å². The number of nitrogens with one attached hydrogen (secondary N) is 2. The molecule has 6 N–H and O–H groups in total. The van der Waals surface area contributed by atoms with Crippen molar-refractivity contribution in [1.82, 2.24) is 20.6 Å². The maximum atomic E-state index is 12.0. The van der Waals surface area contributed by atoms with Gasteiger partial charge in [-0.1, -0.05) is 13.8 Å². The second-order valence-corrected chi connectivity index (χ2v) is 14.0. The van der Waals surface area contributed by atoms with Gasteiger partial charge in [0, 0.05) is 50.7 Å². The van der Waals surface area contributed by atoms with E-state index in [1.807, 2.05) is 53.7 Å². The number of hydrogen-bond acceptors (Lipinski definition) is 10. The number of carbonyl (C=O) groups excluding carboxylic acids is 2. The van der Waals surface area contributed by atoms with Gasteiger partial charge in [0.1, 0.15) is 11.2 Å². The normalized spacial score (nSPS) is 22.3. The minimum absolute atomic E-state index is 0.0474. The second kappa shape index (κ2) is 14.7. The molecule has 12 nitrogen and oxygen atoms in total. The van der Waals surface area contributed by atoms with Crippen LogP contribution in [-0.2, 0) is 9.47 Å². The molecule has 4 atom stereocenters. The first-order valence-corrected chi connectivity index (χ1v) is 15.4. The lowest BCUT2D eigenvalue weighted by atomic mass is 9.95. The summed E-state index contributed by atoms with van der Waals surface area (Å²) in [5.41, 5.74) is 14.3. The van der Waals surface area contributed by atoms with E-state index in [2.05, 4.69) is 44.2 Å². The first-order chi connectivity index (χ1) is 20.5. The Morgan fingerprint density at radius 3 is 1.41 bits per heavy atom. The van der Waals surface area contributed by atoms with Gasteiger partial charge in [0.15, 0.2) is 0 Å². The van der Waals surface area contributed by atoms with Crippen molar-refractivity contribution < 1.29 is 19.1 Å². The monoisotopic (exact) mass is 612 g/mol. The summed E-state index contributed by atoms with van der Waals surface area (Å²) in [5.74, 6) is 0.919. The highest BCUT2D eigenvalue weighted by molar-refractivity contribution is 5.70. The van der Waals surface area contributed by atoms with Crippen LogP contribution in [0.3, 0.4) is 0 Å². The van der Waals surface area contributed by atoms with E-state index in [-0.39, 0.29) is 24.3 Å². The number of aromatic nitrogens is 2. The summed E-state index contributed by atoms with van der Waals surface area (Å²) in [7, 11) is 0. The summed E-state index contributed by atoms with van der Waals surface area (Å²) >= 11 is 0. The van der Waals surface area contributed by atoms with Crippen molar-refractivity contribution in [2.45, 2.75) is 91.5 Å². The van der Waals surface area contributed by atoms with Crippen LogP contribution in [0.15, 0.2) is 36.9 Å². The quantitative estimate of drug-likeness (QED) is 0.377. The van der Waals surface area contributed by atoms with Gasteiger partial charge < -0.3 is 41.4 Å². The van der Waals surface area contributed by atoms with Crippen LogP contribution >= 0.6 is 0 Å². The lowest BCUT2D eigenvalue weighted by Gasteiger charge is -2.38. The van der Waals surface area contributed by atoms with E-state index >= 15 is 0 Å². The summed E-state index contributed by atoms with van der Waals surface area (Å²) in [6, 6.07) is 3.92. The number of rotatable bonds is 4. The number of pyridine rings is 2. The summed E-state index contributed by atoms with van der Waals surface area (Å²) in [6.45, 7) is 18.8. The summed E-state index contributed by atoms with van der Waals surface area (Å²) < 4.78 is 10.7. The van der Waals surface area contributed by atoms with Crippen molar-refractivity contribution in [2.24, 2.45) is 11.8 Å². The number of nitrogens with two attached hydrogens (primary N) is 2. The highest BCUT2D eigenvalue weighted by atomic mass is 16.6. The third-order valence-corrected chi connectivity index (χ3v) is 7.10. The van der Waals surface area contributed by atoms with Gasteiger partial charge in [-0.15, -0.1) is 0 Å². The van der Waals surface area contributed by atoms with Gasteiger partial charge in [0.25, 0.3) is 0 Å². The molecule has 0 aliphatic carbocycles. The lowest BCUT2D eigenvalue weighted by molar-refractivity contribution is 0.0483. The van der Waals surface area contributed by atoms with Crippen molar-refractivity contribution >= 4 is 34.9 Å². The number of nitrogens with zero attached hydrogens (tertiary/aromatic N) is 4. The SMILES string of the molecule is C[C@@H]1CC(NC(=O)OC(C)(C)C)CN(c2ccncc2N)C1.C[C@H]1CC(NC(=O)OC(C)(C)C)CN(c2ccncc2N)C1. The number of piperidine rings is 2. The predicted molar refractivity (Wildman–Crippen MR) is 176 cm³/mol. The van der Waals surface area contributed by atoms with Crippen molar-refractivity contribution in [3.05, 3.63) is 36.9 Å². The highest BCUT2D eigenvalue weighted by Crippen LogP contribution is 2.28. The zero-order valence-electron chi connectivity index (χ0n) is 27.6. The molecular weight excluding hydrogens is 560 g/mol. The van der Waals surface area contributed by atoms with E-state index in [4.69, 9.17) is 20.9 Å². The smallest absolute Gasteiger partial charge is 0.407 e. The van der Waals surface area contributed by atoms with Crippen LogP contribution in [0.2, 0.25) is 0 Å². The van der Waals surface area contributed by atoms with E-state index in [0.717, 1.165) is 50.4 Å². The predicted octanol–water partition coefficient (Wildman–Crippen LogP) is 4.81. The number of carbonyl (C=O) groups is 2. The van der Waals surface area contributed by atoms with E-state index in [1.165, 1.54) is 0 Å². The molecule has 2 aromatic rings. The van der Waals surface area contributed by atoms with Crippen LogP contribution in [0, 0.1) is 11.8 Å². The maximum Gasteiger partial charge on any atom is 0.407 e. The fourth-order valence-corrected chi connectivity index (χ4v) is 5.63. The standard InChI is InChI=1S/2C16H26N4O2/c2*1-11-7-12(19-15(21)22-16(2,3)4)10-20(9-11)14-5-6-18-8-13(14)17/h2*5-6,8,11-12H,7,9-10,17H2,1-4H3,(H,19,21)/t2*11-,12?/m10/s1. The fourth-order valence-electron chi connectivity index (χ4n) is 5.63. The zero-order chi connectivity index (χ0) is 32.7. The molecule has 0 spiro atoms. The number of alkyl carbamates (subject to hydrolysis) is 2. The van der Waals surface area contributed by atoms with Gasteiger partial charge in [-0.05, 0) is 78.4 Å². The van der Waals surface area contributed by atoms with Crippen LogP contribution < -0.4 is 31.9 Å². The van der Waals surface area contributed by atoms with E-state index in [9.17, 15) is 9.59 Å². The molecule has 0 bridgehead atoms. The second-order valence-electron chi connectivity index (χ2n) is 14.0. The van der Waals surface area contributed by atoms with Gasteiger partial charge in [0.05, 0.1) is 35.1 Å². The number of anilines is 4. The molecule has 2 aromatic heterocycles. The lowest BCUT2D eigenvalue weighted by Crippen LogP contribution is -2.51. The number of hydrogen-bond donors (Lipinski definition) is 4. The zero-order valence-corrected chi connectivity index (χ0v) is 27.6. The summed E-state index contributed by atoms with van der Waals surface area (Å²) in [4.78, 5) is 36.4. The Labute approximate surface area is 262 Å². The average Bonchev–Trinajstić information content (AvgIpc) is 2.86. The van der Waals surface area contributed by atoms with Gasteiger partial charge in [-0.3, -0.25) is 9.97 Å². The van der Waals surface area contributed by atoms with E-state index in [1.54, 1.807) is 24.8 Å². The molecule has 2 saturated heterocycles. The van der Waals surface area contributed by atoms with Crippen LogP contribution in [0.4, 0.5) is 32.3 Å². The molecule has 2 amide bonds.